The van der Waals surface area contributed by atoms with E-state index >= 15 is 0 Å². The van der Waals surface area contributed by atoms with E-state index in [0.29, 0.717) is 24.5 Å². The van der Waals surface area contributed by atoms with Crippen LogP contribution in [0.25, 0.3) is 15.7 Å². The number of hydrogen-bond acceptors (Lipinski definition) is 6. The lowest BCUT2D eigenvalue weighted by Crippen LogP contribution is -2.36. The zero-order chi connectivity index (χ0) is 19.5. The van der Waals surface area contributed by atoms with Gasteiger partial charge in [0.25, 0.3) is 0 Å². The largest absolute Gasteiger partial charge is 0.347 e. The van der Waals surface area contributed by atoms with E-state index in [-0.39, 0.29) is 0 Å². The van der Waals surface area contributed by atoms with Crippen molar-refractivity contribution >= 4 is 45.1 Å². The van der Waals surface area contributed by atoms with Gasteiger partial charge in [0.15, 0.2) is 5.82 Å². The summed E-state index contributed by atoms with van der Waals surface area (Å²) in [4.78, 5) is 30.4. The van der Waals surface area contributed by atoms with Crippen LogP contribution in [0.4, 0.5) is 5.69 Å². The number of benzene rings is 1. The first-order valence-corrected chi connectivity index (χ1v) is 10.4. The van der Waals surface area contributed by atoms with Gasteiger partial charge in [0.1, 0.15) is 0 Å². The molecule has 0 unspecified atom stereocenters. The summed E-state index contributed by atoms with van der Waals surface area (Å²) in [6, 6.07) is 11.3. The minimum Gasteiger partial charge on any atom is -0.347 e. The van der Waals surface area contributed by atoms with Crippen LogP contribution in [0.3, 0.4) is 0 Å². The van der Waals surface area contributed by atoms with Crippen molar-refractivity contribution in [3.05, 3.63) is 58.4 Å². The quantitative estimate of drug-likeness (QED) is 0.494. The predicted molar refractivity (Wildman–Crippen MR) is 111 cm³/mol. The van der Waals surface area contributed by atoms with E-state index in [1.54, 1.807) is 21.9 Å². The highest BCUT2D eigenvalue weighted by molar-refractivity contribution is 7.15. The number of anilines is 1. The number of rotatable bonds is 5. The molecule has 0 spiro atoms. The molecular formula is C19H17N5O2S2. The van der Waals surface area contributed by atoms with Gasteiger partial charge in [-0.3, -0.25) is 9.59 Å². The van der Waals surface area contributed by atoms with E-state index in [0.717, 1.165) is 21.1 Å². The van der Waals surface area contributed by atoms with Crippen LogP contribution in [0.15, 0.2) is 47.2 Å². The van der Waals surface area contributed by atoms with Gasteiger partial charge in [-0.15, -0.1) is 27.8 Å². The van der Waals surface area contributed by atoms with E-state index in [9.17, 15) is 9.59 Å². The van der Waals surface area contributed by atoms with Crippen LogP contribution in [0.5, 0.6) is 0 Å². The van der Waals surface area contributed by atoms with E-state index in [4.69, 9.17) is 0 Å². The number of carbonyl (C=O) groups excluding carboxylic acids is 2. The van der Waals surface area contributed by atoms with Crippen LogP contribution in [0, 0.1) is 6.92 Å². The maximum Gasteiger partial charge on any atom is 0.313 e. The Hall–Kier alpha value is -3.04. The van der Waals surface area contributed by atoms with Crippen molar-refractivity contribution in [3.8, 4) is 10.7 Å². The van der Waals surface area contributed by atoms with Crippen molar-refractivity contribution in [2.24, 2.45) is 0 Å². The second-order valence-electron chi connectivity index (χ2n) is 6.16. The van der Waals surface area contributed by atoms with Gasteiger partial charge in [-0.2, -0.15) is 4.98 Å². The van der Waals surface area contributed by atoms with Gasteiger partial charge in [-0.25, -0.2) is 4.52 Å². The van der Waals surface area contributed by atoms with Crippen LogP contribution in [0.1, 0.15) is 11.3 Å². The molecule has 0 aliphatic carbocycles. The summed E-state index contributed by atoms with van der Waals surface area (Å²) in [5.74, 6) is -0.641. The van der Waals surface area contributed by atoms with Crippen molar-refractivity contribution in [2.45, 2.75) is 13.3 Å². The molecule has 28 heavy (non-hydrogen) atoms. The number of thiophene rings is 1. The Morgan fingerprint density at radius 3 is 2.82 bits per heavy atom. The Morgan fingerprint density at radius 1 is 1.14 bits per heavy atom. The molecule has 1 aromatic carbocycles. The molecule has 2 amide bonds. The first-order chi connectivity index (χ1) is 13.6. The Balaban J connectivity index is 1.34. The zero-order valence-corrected chi connectivity index (χ0v) is 16.6. The summed E-state index contributed by atoms with van der Waals surface area (Å²) >= 11 is 3.09. The van der Waals surface area contributed by atoms with Crippen LogP contribution in [-0.4, -0.2) is 33.0 Å². The summed E-state index contributed by atoms with van der Waals surface area (Å²) in [6.07, 6.45) is 0.552. The van der Waals surface area contributed by atoms with Gasteiger partial charge in [0.2, 0.25) is 4.96 Å². The van der Waals surface area contributed by atoms with Gasteiger partial charge in [0, 0.05) is 24.0 Å². The van der Waals surface area contributed by atoms with Gasteiger partial charge in [0.05, 0.1) is 10.6 Å². The van der Waals surface area contributed by atoms with Gasteiger partial charge < -0.3 is 10.6 Å². The molecular weight excluding hydrogens is 394 g/mol. The maximum atomic E-state index is 12.0. The molecule has 9 heteroatoms. The van der Waals surface area contributed by atoms with Gasteiger partial charge in [-0.1, -0.05) is 18.2 Å². The molecule has 0 saturated carbocycles. The number of hydrogen-bond donors (Lipinski definition) is 2. The minimum absolute atomic E-state index is 0.333. The molecule has 0 aliphatic rings. The number of aryl methyl sites for hydroxylation is 1. The topological polar surface area (TPSA) is 88.4 Å². The number of fused-ring (bicyclic) bond motifs is 1. The number of nitrogens with zero attached hydrogens (tertiary/aromatic N) is 3. The zero-order valence-electron chi connectivity index (χ0n) is 15.0. The van der Waals surface area contributed by atoms with E-state index in [2.05, 4.69) is 20.7 Å². The number of thiazole rings is 1. The van der Waals surface area contributed by atoms with Crippen molar-refractivity contribution in [1.29, 1.82) is 0 Å². The lowest BCUT2D eigenvalue weighted by atomic mass is 10.2. The Morgan fingerprint density at radius 2 is 2.04 bits per heavy atom. The lowest BCUT2D eigenvalue weighted by Gasteiger charge is -2.06. The second kappa shape index (κ2) is 7.91. The summed E-state index contributed by atoms with van der Waals surface area (Å²) in [7, 11) is 0. The maximum absolute atomic E-state index is 12.0. The average Bonchev–Trinajstić information content (AvgIpc) is 3.39. The molecule has 7 nitrogen and oxygen atoms in total. The summed E-state index contributed by atoms with van der Waals surface area (Å²) in [6.45, 7) is 2.26. The molecule has 3 aromatic heterocycles. The van der Waals surface area contributed by atoms with Crippen molar-refractivity contribution < 1.29 is 9.59 Å². The monoisotopic (exact) mass is 411 g/mol. The van der Waals surface area contributed by atoms with Crippen LogP contribution in [0.2, 0.25) is 0 Å². The molecule has 0 atom stereocenters. The molecule has 0 fully saturated rings. The fraction of sp³-hybridized carbons (Fsp3) is 0.158. The molecule has 0 bridgehead atoms. The number of carbonyl (C=O) groups is 2. The van der Waals surface area contributed by atoms with Crippen LogP contribution in [-0.2, 0) is 16.0 Å². The Bertz CT molecular complexity index is 1130. The highest BCUT2D eigenvalue weighted by Crippen LogP contribution is 2.24. The molecule has 4 rings (SSSR count). The van der Waals surface area contributed by atoms with E-state index in [1.165, 1.54) is 11.3 Å². The molecule has 0 aliphatic heterocycles. The molecule has 142 valence electrons. The lowest BCUT2D eigenvalue weighted by molar-refractivity contribution is -0.136. The van der Waals surface area contributed by atoms with Crippen molar-refractivity contribution in [2.75, 3.05) is 11.9 Å². The minimum atomic E-state index is -0.679. The van der Waals surface area contributed by atoms with Gasteiger partial charge >= 0.3 is 11.8 Å². The smallest absolute Gasteiger partial charge is 0.313 e. The predicted octanol–water partition coefficient (Wildman–Crippen LogP) is 3.13. The SMILES string of the molecule is Cc1cccc(NC(=O)C(=O)NCCc2csc3nc(-c4cccs4)nn23)c1. The normalized spacial score (nSPS) is 10.9. The molecule has 4 aromatic rings. The molecule has 0 saturated heterocycles. The van der Waals surface area contributed by atoms with Crippen molar-refractivity contribution in [1.82, 2.24) is 19.9 Å². The van der Waals surface area contributed by atoms with E-state index < -0.39 is 11.8 Å². The first kappa shape index (κ1) is 18.3. The standard InChI is InChI=1S/C19H17N5O2S2/c1-12-4-2-5-13(10-12)21-18(26)17(25)20-8-7-14-11-28-19-22-16(23-24(14)19)15-6-3-9-27-15/h2-6,9-11H,7-8H2,1H3,(H,20,25)(H,21,26). The van der Waals surface area contributed by atoms with Gasteiger partial charge in [-0.05, 0) is 36.1 Å². The average molecular weight is 412 g/mol. The van der Waals surface area contributed by atoms with Crippen LogP contribution >= 0.6 is 22.7 Å². The summed E-state index contributed by atoms with van der Waals surface area (Å²) in [5.41, 5.74) is 2.55. The molecule has 2 N–H and O–H groups in total. The molecule has 3 heterocycles. The number of amides is 2. The number of aromatic nitrogens is 3. The second-order valence-corrected chi connectivity index (χ2v) is 7.95. The highest BCUT2D eigenvalue weighted by Gasteiger charge is 2.15. The summed E-state index contributed by atoms with van der Waals surface area (Å²) < 4.78 is 1.79. The third-order valence-electron chi connectivity index (χ3n) is 4.04. The fourth-order valence-corrected chi connectivity index (χ4v) is 4.21. The third kappa shape index (κ3) is 3.95. The third-order valence-corrected chi connectivity index (χ3v) is 5.77. The number of nitrogens with one attached hydrogen (secondary N) is 2. The highest BCUT2D eigenvalue weighted by atomic mass is 32.1. The van der Waals surface area contributed by atoms with E-state index in [1.807, 2.05) is 48.0 Å². The Labute approximate surface area is 169 Å². The van der Waals surface area contributed by atoms with Crippen molar-refractivity contribution in [3.63, 3.8) is 0 Å². The molecule has 0 radical (unpaired) electrons. The summed E-state index contributed by atoms with van der Waals surface area (Å²) in [5, 5.41) is 13.7. The first-order valence-electron chi connectivity index (χ1n) is 8.63. The Kier molecular flexibility index (Phi) is 5.18. The fourth-order valence-electron chi connectivity index (χ4n) is 2.70. The van der Waals surface area contributed by atoms with Crippen LogP contribution < -0.4 is 10.6 Å².